The predicted molar refractivity (Wildman–Crippen MR) is 107 cm³/mol. The maximum Gasteiger partial charge on any atom is 0.312 e. The zero-order chi connectivity index (χ0) is 22.4. The summed E-state index contributed by atoms with van der Waals surface area (Å²) in [6.07, 6.45) is 4.03. The summed E-state index contributed by atoms with van der Waals surface area (Å²) in [5.74, 6) is -2.28. The lowest BCUT2D eigenvalue weighted by Gasteiger charge is -2.36. The minimum Gasteiger partial charge on any atom is -0.483 e. The van der Waals surface area contributed by atoms with Crippen LogP contribution < -0.4 is 0 Å². The summed E-state index contributed by atoms with van der Waals surface area (Å²) < 4.78 is 32.8. The molecular formula is C22H28F2N2O5. The molecule has 0 aliphatic carbocycles. The minimum atomic E-state index is -0.964. The Hall–Kier alpha value is -2.55. The van der Waals surface area contributed by atoms with E-state index in [2.05, 4.69) is 4.90 Å². The van der Waals surface area contributed by atoms with Crippen LogP contribution in [0.4, 0.5) is 8.78 Å². The van der Waals surface area contributed by atoms with E-state index in [9.17, 15) is 18.4 Å². The first-order valence-corrected chi connectivity index (χ1v) is 10.6. The Morgan fingerprint density at radius 1 is 1.19 bits per heavy atom. The molecule has 1 spiro atoms. The van der Waals surface area contributed by atoms with Crippen LogP contribution in [0.15, 0.2) is 18.2 Å². The molecule has 1 amide bonds. The van der Waals surface area contributed by atoms with Crippen molar-refractivity contribution in [3.8, 4) is 0 Å². The maximum absolute atomic E-state index is 13.8. The van der Waals surface area contributed by atoms with Crippen LogP contribution in [0.1, 0.15) is 37.7 Å². The third-order valence-corrected chi connectivity index (χ3v) is 6.43. The molecule has 9 heteroatoms. The fourth-order valence-electron chi connectivity index (χ4n) is 4.74. The Bertz CT molecular complexity index is 805. The third-order valence-electron chi connectivity index (χ3n) is 6.43. The van der Waals surface area contributed by atoms with Crippen molar-refractivity contribution in [2.45, 2.75) is 44.6 Å². The number of likely N-dealkylation sites (tertiary alicyclic amines) is 2. The van der Waals surface area contributed by atoms with Crippen LogP contribution in [0.25, 0.3) is 0 Å². The van der Waals surface area contributed by atoms with Crippen molar-refractivity contribution < 1.29 is 33.0 Å². The molecule has 1 N–H and O–H groups in total. The van der Waals surface area contributed by atoms with Gasteiger partial charge in [0.1, 0.15) is 6.10 Å². The number of nitrogens with zero attached hydrogens (tertiary/aromatic N) is 2. The lowest BCUT2D eigenvalue weighted by Crippen LogP contribution is -2.45. The molecule has 3 aliphatic rings. The fraction of sp³-hybridized carbons (Fsp3) is 0.591. The van der Waals surface area contributed by atoms with E-state index < -0.39 is 17.0 Å². The number of halogens is 2. The number of amides is 1. The Kier molecular flexibility index (Phi) is 7.59. The second-order valence-corrected chi connectivity index (χ2v) is 8.40. The molecule has 0 aromatic heterocycles. The van der Waals surface area contributed by atoms with Crippen molar-refractivity contribution >= 4 is 18.3 Å². The van der Waals surface area contributed by atoms with Crippen molar-refractivity contribution in [1.82, 2.24) is 9.80 Å². The number of cyclic esters (lactones) is 1. The summed E-state index contributed by atoms with van der Waals surface area (Å²) in [6, 6.07) is 3.87. The number of carboxylic acid groups (broad SMARTS) is 1. The van der Waals surface area contributed by atoms with Gasteiger partial charge in [-0.25, -0.2) is 8.78 Å². The van der Waals surface area contributed by atoms with Gasteiger partial charge in [-0.2, -0.15) is 0 Å². The van der Waals surface area contributed by atoms with Crippen molar-refractivity contribution in [3.05, 3.63) is 35.4 Å². The van der Waals surface area contributed by atoms with Gasteiger partial charge in [-0.15, -0.1) is 0 Å². The normalized spacial score (nSPS) is 22.7. The summed E-state index contributed by atoms with van der Waals surface area (Å²) in [5, 5.41) is 6.89. The van der Waals surface area contributed by atoms with Gasteiger partial charge >= 0.3 is 5.97 Å². The average Bonchev–Trinajstić information content (AvgIpc) is 3.35. The molecule has 1 aromatic rings. The molecule has 1 atom stereocenters. The molecule has 0 saturated carbocycles. The zero-order valence-corrected chi connectivity index (χ0v) is 17.4. The second-order valence-electron chi connectivity index (χ2n) is 8.40. The molecule has 7 nitrogen and oxygen atoms in total. The monoisotopic (exact) mass is 438 g/mol. The van der Waals surface area contributed by atoms with Crippen LogP contribution in [0.5, 0.6) is 0 Å². The van der Waals surface area contributed by atoms with Gasteiger partial charge in [-0.1, -0.05) is 12.1 Å². The largest absolute Gasteiger partial charge is 0.483 e. The smallest absolute Gasteiger partial charge is 0.312 e. The molecule has 3 fully saturated rings. The Balaban J connectivity index is 0.000000858. The first kappa shape index (κ1) is 23.1. The number of rotatable bonds is 4. The van der Waals surface area contributed by atoms with Crippen molar-refractivity contribution in [2.24, 2.45) is 5.41 Å². The molecule has 4 rings (SSSR count). The number of piperidine rings is 1. The number of ether oxygens (including phenoxy) is 1. The second kappa shape index (κ2) is 10.2. The van der Waals surface area contributed by atoms with Crippen molar-refractivity contribution in [2.75, 3.05) is 32.7 Å². The number of hydrogen-bond donors (Lipinski definition) is 1. The van der Waals surface area contributed by atoms with Gasteiger partial charge in [-0.05, 0) is 44.8 Å². The third kappa shape index (κ3) is 5.39. The first-order valence-electron chi connectivity index (χ1n) is 10.6. The summed E-state index contributed by atoms with van der Waals surface area (Å²) in [7, 11) is 0. The highest BCUT2D eigenvalue weighted by Crippen LogP contribution is 2.43. The number of esters is 1. The van der Waals surface area contributed by atoms with Gasteiger partial charge in [0.2, 0.25) is 5.91 Å². The van der Waals surface area contributed by atoms with Crippen LogP contribution in [-0.4, -0.2) is 72.1 Å². The number of hydrogen-bond acceptors (Lipinski definition) is 5. The lowest BCUT2D eigenvalue weighted by molar-refractivity contribution is -0.152. The van der Waals surface area contributed by atoms with Gasteiger partial charge in [0, 0.05) is 31.6 Å². The lowest BCUT2D eigenvalue weighted by atomic mass is 9.76. The van der Waals surface area contributed by atoms with E-state index >= 15 is 0 Å². The van der Waals surface area contributed by atoms with Gasteiger partial charge in [0.15, 0.2) is 11.6 Å². The van der Waals surface area contributed by atoms with Gasteiger partial charge in [0.25, 0.3) is 6.47 Å². The van der Waals surface area contributed by atoms with E-state index in [1.807, 2.05) is 0 Å². The molecule has 170 valence electrons. The van der Waals surface area contributed by atoms with Crippen LogP contribution in [0.3, 0.4) is 0 Å². The predicted octanol–water partition coefficient (Wildman–Crippen LogP) is 2.23. The maximum atomic E-state index is 13.8. The molecule has 0 bridgehead atoms. The highest BCUT2D eigenvalue weighted by atomic mass is 19.2. The summed E-state index contributed by atoms with van der Waals surface area (Å²) in [5.41, 5.74) is -0.429. The standard InChI is InChI=1S/C21H26F2N2O3.CH2O2/c22-17-5-3-4-15(19(17)23)12-18(26)25-10-6-21(7-11-25)13-16(28-20(21)27)14-24-8-1-2-9-24;2-1-3/h3-5,16H,1-2,6-14H2;1H,(H,2,3). The van der Waals surface area contributed by atoms with E-state index in [-0.39, 0.29) is 36.4 Å². The summed E-state index contributed by atoms with van der Waals surface area (Å²) in [6.45, 7) is 3.58. The molecule has 3 saturated heterocycles. The molecule has 31 heavy (non-hydrogen) atoms. The highest BCUT2D eigenvalue weighted by molar-refractivity contribution is 5.81. The van der Waals surface area contributed by atoms with E-state index in [0.717, 1.165) is 25.7 Å². The van der Waals surface area contributed by atoms with E-state index in [1.165, 1.54) is 25.0 Å². The average molecular weight is 438 g/mol. The SMILES string of the molecule is O=C(Cc1cccc(F)c1F)N1CCC2(CC1)CC(CN1CCCC1)OC2=O.O=CO. The molecule has 1 unspecified atom stereocenters. The zero-order valence-electron chi connectivity index (χ0n) is 17.4. The van der Waals surface area contributed by atoms with E-state index in [0.29, 0.717) is 32.4 Å². The Morgan fingerprint density at radius 2 is 1.84 bits per heavy atom. The number of carbonyl (C=O) groups is 3. The Labute approximate surface area is 180 Å². The summed E-state index contributed by atoms with van der Waals surface area (Å²) >= 11 is 0. The van der Waals surface area contributed by atoms with Gasteiger partial charge in [0.05, 0.1) is 11.8 Å². The topological polar surface area (TPSA) is 87.2 Å². The van der Waals surface area contributed by atoms with Crippen LogP contribution in [0.2, 0.25) is 0 Å². The van der Waals surface area contributed by atoms with Crippen LogP contribution in [-0.2, 0) is 25.5 Å². The van der Waals surface area contributed by atoms with Crippen LogP contribution >= 0.6 is 0 Å². The highest BCUT2D eigenvalue weighted by Gasteiger charge is 2.51. The summed E-state index contributed by atoms with van der Waals surface area (Å²) in [4.78, 5) is 37.4. The first-order chi connectivity index (χ1) is 14.9. The van der Waals surface area contributed by atoms with Crippen LogP contribution in [0, 0.1) is 17.0 Å². The molecule has 3 aliphatic heterocycles. The van der Waals surface area contributed by atoms with Crippen molar-refractivity contribution in [3.63, 3.8) is 0 Å². The Morgan fingerprint density at radius 3 is 2.48 bits per heavy atom. The molecule has 3 heterocycles. The number of carbonyl (C=O) groups excluding carboxylic acids is 2. The molecular weight excluding hydrogens is 410 g/mol. The molecule has 0 radical (unpaired) electrons. The van der Waals surface area contributed by atoms with E-state index in [1.54, 1.807) is 4.90 Å². The molecule has 1 aromatic carbocycles. The fourth-order valence-corrected chi connectivity index (χ4v) is 4.74. The van der Waals surface area contributed by atoms with Gasteiger partial charge < -0.3 is 14.7 Å². The minimum absolute atomic E-state index is 0.0609. The quantitative estimate of drug-likeness (QED) is 0.573. The number of benzene rings is 1. The van der Waals surface area contributed by atoms with Crippen molar-refractivity contribution in [1.29, 1.82) is 0 Å². The van der Waals surface area contributed by atoms with Gasteiger partial charge in [-0.3, -0.25) is 19.3 Å². The van der Waals surface area contributed by atoms with E-state index in [4.69, 9.17) is 14.6 Å².